The highest BCUT2D eigenvalue weighted by atomic mass is 28.4. The zero-order valence-corrected chi connectivity index (χ0v) is 12.9. The van der Waals surface area contributed by atoms with E-state index in [9.17, 15) is 13.2 Å². The number of rotatable bonds is 3. The predicted molar refractivity (Wildman–Crippen MR) is 76.9 cm³/mol. The summed E-state index contributed by atoms with van der Waals surface area (Å²) in [4.78, 5) is 0. The molecule has 1 aliphatic carbocycles. The van der Waals surface area contributed by atoms with E-state index in [2.05, 4.69) is 0 Å². The van der Waals surface area contributed by atoms with Crippen LogP contribution in [-0.4, -0.2) is 20.1 Å². The van der Waals surface area contributed by atoms with Gasteiger partial charge in [-0.15, -0.1) is 0 Å². The Morgan fingerprint density at radius 3 is 2.15 bits per heavy atom. The van der Waals surface area contributed by atoms with Crippen LogP contribution in [0.5, 0.6) is 0 Å². The lowest BCUT2D eigenvalue weighted by Crippen LogP contribution is -2.59. The largest absolute Gasteiger partial charge is 0.420 e. The molecule has 1 aromatic rings. The van der Waals surface area contributed by atoms with E-state index in [1.165, 1.54) is 0 Å². The summed E-state index contributed by atoms with van der Waals surface area (Å²) in [6, 6.07) is 9.10. The SMILES string of the molecule is C[Si](C)(C)OC1(C(F)(F)F)CC/C1=C\c1ccccc1. The van der Waals surface area contributed by atoms with E-state index in [1.807, 2.05) is 18.2 Å². The van der Waals surface area contributed by atoms with Crippen LogP contribution in [0, 0.1) is 0 Å². The second-order valence-electron chi connectivity index (χ2n) is 6.12. The normalized spacial score (nSPS) is 25.6. The fourth-order valence-corrected chi connectivity index (χ4v) is 3.85. The number of alkyl halides is 3. The molecule has 1 atom stereocenters. The van der Waals surface area contributed by atoms with Gasteiger partial charge in [-0.3, -0.25) is 0 Å². The van der Waals surface area contributed by atoms with E-state index < -0.39 is 20.1 Å². The van der Waals surface area contributed by atoms with Crippen molar-refractivity contribution in [3.63, 3.8) is 0 Å². The molecule has 0 N–H and O–H groups in total. The number of benzene rings is 1. The molecular formula is C15H19F3OSi. The van der Waals surface area contributed by atoms with Crippen LogP contribution in [0.15, 0.2) is 35.9 Å². The summed E-state index contributed by atoms with van der Waals surface area (Å²) >= 11 is 0. The first-order chi connectivity index (χ1) is 9.14. The van der Waals surface area contributed by atoms with Crippen LogP contribution < -0.4 is 0 Å². The third-order valence-electron chi connectivity index (χ3n) is 3.34. The Kier molecular flexibility index (Phi) is 3.86. The lowest BCUT2D eigenvalue weighted by molar-refractivity contribution is -0.253. The molecule has 20 heavy (non-hydrogen) atoms. The van der Waals surface area contributed by atoms with Crippen LogP contribution in [0.4, 0.5) is 13.2 Å². The molecule has 0 amide bonds. The van der Waals surface area contributed by atoms with E-state index in [0.717, 1.165) is 5.56 Å². The molecular weight excluding hydrogens is 281 g/mol. The highest BCUT2D eigenvalue weighted by molar-refractivity contribution is 6.69. The monoisotopic (exact) mass is 300 g/mol. The summed E-state index contributed by atoms with van der Waals surface area (Å²) in [6.45, 7) is 5.37. The Bertz CT molecular complexity index is 502. The maximum absolute atomic E-state index is 13.5. The topological polar surface area (TPSA) is 9.23 Å². The van der Waals surface area contributed by atoms with Gasteiger partial charge in [0.2, 0.25) is 0 Å². The summed E-state index contributed by atoms with van der Waals surface area (Å²) < 4.78 is 46.0. The molecule has 0 radical (unpaired) electrons. The second-order valence-corrected chi connectivity index (χ2v) is 10.5. The van der Waals surface area contributed by atoms with Gasteiger partial charge in [0.25, 0.3) is 0 Å². The molecule has 1 aliphatic rings. The van der Waals surface area contributed by atoms with Crippen LogP contribution in [0.2, 0.25) is 19.6 Å². The molecule has 110 valence electrons. The van der Waals surface area contributed by atoms with Crippen LogP contribution in [-0.2, 0) is 4.43 Å². The van der Waals surface area contributed by atoms with Crippen LogP contribution in [0.3, 0.4) is 0 Å². The maximum Gasteiger partial charge on any atom is 0.420 e. The smallest absolute Gasteiger partial charge is 0.401 e. The third kappa shape index (κ3) is 2.98. The molecule has 1 aromatic carbocycles. The number of hydrogen-bond donors (Lipinski definition) is 0. The Labute approximate surface area is 118 Å². The van der Waals surface area contributed by atoms with Crippen molar-refractivity contribution in [3.8, 4) is 0 Å². The van der Waals surface area contributed by atoms with Gasteiger partial charge in [0.1, 0.15) is 0 Å². The van der Waals surface area contributed by atoms with Crippen molar-refractivity contribution >= 4 is 14.4 Å². The molecule has 2 rings (SSSR count). The summed E-state index contributed by atoms with van der Waals surface area (Å²) in [5, 5.41) is 0. The molecule has 1 fully saturated rings. The van der Waals surface area contributed by atoms with Gasteiger partial charge in [0.15, 0.2) is 13.9 Å². The van der Waals surface area contributed by atoms with E-state index >= 15 is 0 Å². The maximum atomic E-state index is 13.5. The molecule has 1 saturated carbocycles. The minimum absolute atomic E-state index is 0.0272. The zero-order valence-electron chi connectivity index (χ0n) is 11.9. The first-order valence-electron chi connectivity index (χ1n) is 6.67. The predicted octanol–water partition coefficient (Wildman–Crippen LogP) is 5.02. The van der Waals surface area contributed by atoms with Crippen molar-refractivity contribution in [1.29, 1.82) is 0 Å². The number of hydrogen-bond acceptors (Lipinski definition) is 1. The van der Waals surface area contributed by atoms with Gasteiger partial charge >= 0.3 is 6.18 Å². The Morgan fingerprint density at radius 1 is 1.15 bits per heavy atom. The van der Waals surface area contributed by atoms with Crippen molar-refractivity contribution in [3.05, 3.63) is 41.5 Å². The average Bonchev–Trinajstić information content (AvgIpc) is 2.30. The standard InChI is InChI=1S/C15H19F3OSi/c1-20(2,3)19-14(15(16,17)18)10-9-13(14)11-12-7-5-4-6-8-12/h4-8,11H,9-10H2,1-3H3/b13-11+. The van der Waals surface area contributed by atoms with Crippen LogP contribution >= 0.6 is 0 Å². The fourth-order valence-electron chi connectivity index (χ4n) is 2.46. The minimum Gasteiger partial charge on any atom is -0.401 e. The molecule has 5 heteroatoms. The zero-order chi connectivity index (χ0) is 15.0. The second kappa shape index (κ2) is 5.04. The first-order valence-corrected chi connectivity index (χ1v) is 10.1. The van der Waals surface area contributed by atoms with E-state index in [0.29, 0.717) is 12.0 Å². The molecule has 0 spiro atoms. The van der Waals surface area contributed by atoms with Crippen molar-refractivity contribution < 1.29 is 17.6 Å². The Balaban J connectivity index is 2.37. The summed E-state index contributed by atoms with van der Waals surface area (Å²) in [7, 11) is -2.29. The lowest BCUT2D eigenvalue weighted by atomic mass is 9.73. The summed E-state index contributed by atoms with van der Waals surface area (Å²) in [6.07, 6.45) is -2.26. The van der Waals surface area contributed by atoms with Gasteiger partial charge in [0, 0.05) is 0 Å². The van der Waals surface area contributed by atoms with Crippen molar-refractivity contribution in [2.24, 2.45) is 0 Å². The van der Waals surface area contributed by atoms with E-state index in [-0.39, 0.29) is 6.42 Å². The number of halogens is 3. The Hall–Kier alpha value is -1.07. The molecule has 1 nitrogen and oxygen atoms in total. The van der Waals surface area contributed by atoms with Gasteiger partial charge < -0.3 is 4.43 Å². The quantitative estimate of drug-likeness (QED) is 0.712. The molecule has 1 unspecified atom stereocenters. The first kappa shape index (κ1) is 15.3. The van der Waals surface area contributed by atoms with Gasteiger partial charge in [-0.05, 0) is 43.6 Å². The van der Waals surface area contributed by atoms with Crippen molar-refractivity contribution in [2.45, 2.75) is 44.3 Å². The molecule has 0 bridgehead atoms. The molecule has 0 aliphatic heterocycles. The third-order valence-corrected chi connectivity index (χ3v) is 4.30. The van der Waals surface area contributed by atoms with Crippen LogP contribution in [0.25, 0.3) is 6.08 Å². The van der Waals surface area contributed by atoms with E-state index in [4.69, 9.17) is 4.43 Å². The van der Waals surface area contributed by atoms with Crippen molar-refractivity contribution in [1.82, 2.24) is 0 Å². The highest BCUT2D eigenvalue weighted by Gasteiger charge is 2.63. The fraction of sp³-hybridized carbons (Fsp3) is 0.467. The molecule has 0 aromatic heterocycles. The van der Waals surface area contributed by atoms with Crippen LogP contribution in [0.1, 0.15) is 18.4 Å². The highest BCUT2D eigenvalue weighted by Crippen LogP contribution is 2.53. The Morgan fingerprint density at radius 2 is 1.75 bits per heavy atom. The molecule has 0 heterocycles. The van der Waals surface area contributed by atoms with E-state index in [1.54, 1.807) is 37.8 Å². The summed E-state index contributed by atoms with van der Waals surface area (Å²) in [5.74, 6) is 0. The molecule has 0 saturated heterocycles. The van der Waals surface area contributed by atoms with Gasteiger partial charge in [0.05, 0.1) is 0 Å². The minimum atomic E-state index is -4.36. The lowest BCUT2D eigenvalue weighted by Gasteiger charge is -2.48. The van der Waals surface area contributed by atoms with Gasteiger partial charge in [-0.2, -0.15) is 13.2 Å². The summed E-state index contributed by atoms with van der Waals surface area (Å²) in [5.41, 5.74) is -0.929. The van der Waals surface area contributed by atoms with Gasteiger partial charge in [-0.25, -0.2) is 0 Å². The average molecular weight is 300 g/mol. The van der Waals surface area contributed by atoms with Gasteiger partial charge in [-0.1, -0.05) is 36.4 Å². The van der Waals surface area contributed by atoms with Crippen molar-refractivity contribution in [2.75, 3.05) is 0 Å².